The van der Waals surface area contributed by atoms with Crippen molar-refractivity contribution >= 4 is 11.8 Å². The van der Waals surface area contributed by atoms with Crippen LogP contribution in [0, 0.1) is 0 Å². The Hall–Kier alpha value is -0.470. The zero-order chi connectivity index (χ0) is 13.3. The third kappa shape index (κ3) is 2.71. The number of fused-ring (bicyclic) bond motifs is 1. The maximum Gasteiger partial charge on any atom is 0.0288 e. The first kappa shape index (κ1) is 13.5. The second-order valence-electron chi connectivity index (χ2n) is 6.27. The average Bonchev–Trinajstić information content (AvgIpc) is 3.04. The van der Waals surface area contributed by atoms with Crippen LogP contribution in [0.2, 0.25) is 0 Å². The SMILES string of the molecule is CNC(Cc1ccc2c(c1)CCC2)C1(C)CCCS1. The van der Waals surface area contributed by atoms with E-state index in [9.17, 15) is 0 Å². The van der Waals surface area contributed by atoms with Crippen molar-refractivity contribution in [1.82, 2.24) is 5.32 Å². The molecular formula is C17H25NS. The maximum atomic E-state index is 3.58. The first-order chi connectivity index (χ1) is 9.21. The van der Waals surface area contributed by atoms with Crippen LogP contribution in [0.15, 0.2) is 18.2 Å². The minimum atomic E-state index is 0.424. The molecule has 1 heterocycles. The van der Waals surface area contributed by atoms with E-state index in [-0.39, 0.29) is 0 Å². The summed E-state index contributed by atoms with van der Waals surface area (Å²) in [7, 11) is 2.13. The topological polar surface area (TPSA) is 12.0 Å². The van der Waals surface area contributed by atoms with E-state index < -0.39 is 0 Å². The van der Waals surface area contributed by atoms with E-state index in [2.05, 4.69) is 49.2 Å². The molecule has 1 aromatic carbocycles. The van der Waals surface area contributed by atoms with Gasteiger partial charge in [0.05, 0.1) is 0 Å². The minimum Gasteiger partial charge on any atom is -0.315 e. The molecule has 1 aliphatic carbocycles. The molecule has 0 spiro atoms. The number of aryl methyl sites for hydroxylation is 2. The lowest BCUT2D eigenvalue weighted by Gasteiger charge is -2.33. The molecule has 104 valence electrons. The lowest BCUT2D eigenvalue weighted by Crippen LogP contribution is -2.45. The molecule has 19 heavy (non-hydrogen) atoms. The smallest absolute Gasteiger partial charge is 0.0288 e. The summed E-state index contributed by atoms with van der Waals surface area (Å²) in [6.45, 7) is 2.44. The number of thioether (sulfide) groups is 1. The molecule has 0 amide bonds. The van der Waals surface area contributed by atoms with E-state index in [0.29, 0.717) is 10.8 Å². The Balaban J connectivity index is 1.75. The zero-order valence-electron chi connectivity index (χ0n) is 12.2. The number of hydrogen-bond donors (Lipinski definition) is 1. The van der Waals surface area contributed by atoms with Gasteiger partial charge >= 0.3 is 0 Å². The fraction of sp³-hybridized carbons (Fsp3) is 0.647. The molecule has 1 N–H and O–H groups in total. The van der Waals surface area contributed by atoms with E-state index >= 15 is 0 Å². The molecule has 0 saturated carbocycles. The second-order valence-corrected chi connectivity index (χ2v) is 7.90. The summed E-state index contributed by atoms with van der Waals surface area (Å²) >= 11 is 2.16. The predicted molar refractivity (Wildman–Crippen MR) is 85.1 cm³/mol. The Morgan fingerprint density at radius 3 is 2.84 bits per heavy atom. The summed E-state index contributed by atoms with van der Waals surface area (Å²) in [4.78, 5) is 0. The van der Waals surface area contributed by atoms with Crippen molar-refractivity contribution in [3.05, 3.63) is 34.9 Å². The summed E-state index contributed by atoms with van der Waals surface area (Å²) in [5.74, 6) is 1.33. The third-order valence-electron chi connectivity index (χ3n) is 4.94. The van der Waals surface area contributed by atoms with Gasteiger partial charge in [0.2, 0.25) is 0 Å². The van der Waals surface area contributed by atoms with Crippen molar-refractivity contribution in [2.45, 2.75) is 56.2 Å². The monoisotopic (exact) mass is 275 g/mol. The first-order valence-electron chi connectivity index (χ1n) is 7.63. The molecule has 0 radical (unpaired) electrons. The van der Waals surface area contributed by atoms with Gasteiger partial charge in [-0.2, -0.15) is 11.8 Å². The molecule has 0 bridgehead atoms. The van der Waals surface area contributed by atoms with Crippen molar-refractivity contribution in [2.24, 2.45) is 0 Å². The Bertz CT molecular complexity index is 449. The Morgan fingerprint density at radius 1 is 1.26 bits per heavy atom. The van der Waals surface area contributed by atoms with Crippen LogP contribution in [0.3, 0.4) is 0 Å². The number of likely N-dealkylation sites (N-methyl/N-ethyl adjacent to an activating group) is 1. The van der Waals surface area contributed by atoms with Crippen LogP contribution >= 0.6 is 11.8 Å². The lowest BCUT2D eigenvalue weighted by molar-refractivity contribution is 0.424. The van der Waals surface area contributed by atoms with Gasteiger partial charge in [0.25, 0.3) is 0 Å². The maximum absolute atomic E-state index is 3.58. The Labute approximate surface area is 121 Å². The Morgan fingerprint density at radius 2 is 2.11 bits per heavy atom. The van der Waals surface area contributed by atoms with Gasteiger partial charge in [-0.15, -0.1) is 0 Å². The lowest BCUT2D eigenvalue weighted by atomic mass is 9.90. The average molecular weight is 275 g/mol. The molecule has 2 atom stereocenters. The quantitative estimate of drug-likeness (QED) is 0.901. The standard InChI is InChI=1S/C17H25NS/c1-17(9-4-10-19-17)16(18-2)12-13-7-8-14-5-3-6-15(14)11-13/h7-8,11,16,18H,3-6,9-10,12H2,1-2H3. The van der Waals surface area contributed by atoms with Crippen LogP contribution in [0.5, 0.6) is 0 Å². The van der Waals surface area contributed by atoms with Crippen molar-refractivity contribution in [1.29, 1.82) is 0 Å². The summed E-state index contributed by atoms with van der Waals surface area (Å²) in [5, 5.41) is 3.58. The summed E-state index contributed by atoms with van der Waals surface area (Å²) in [6, 6.07) is 7.79. The molecule has 1 saturated heterocycles. The second kappa shape index (κ2) is 5.49. The van der Waals surface area contributed by atoms with Crippen LogP contribution in [0.25, 0.3) is 0 Å². The molecular weight excluding hydrogens is 250 g/mol. The van der Waals surface area contributed by atoms with Crippen LogP contribution < -0.4 is 5.32 Å². The van der Waals surface area contributed by atoms with Gasteiger partial charge < -0.3 is 5.32 Å². The molecule has 1 nitrogen and oxygen atoms in total. The van der Waals surface area contributed by atoms with E-state index in [0.717, 1.165) is 0 Å². The van der Waals surface area contributed by atoms with Crippen LogP contribution in [0.1, 0.15) is 42.9 Å². The third-order valence-corrected chi connectivity index (χ3v) is 6.58. The van der Waals surface area contributed by atoms with E-state index in [1.54, 1.807) is 11.1 Å². The molecule has 3 rings (SSSR count). The minimum absolute atomic E-state index is 0.424. The van der Waals surface area contributed by atoms with E-state index in [1.165, 1.54) is 49.8 Å². The molecule has 2 heteroatoms. The normalized spacial score (nSPS) is 27.5. The summed E-state index contributed by atoms with van der Waals surface area (Å²) in [5.41, 5.74) is 4.72. The predicted octanol–water partition coefficient (Wildman–Crippen LogP) is 3.59. The fourth-order valence-corrected chi connectivity index (χ4v) is 5.13. The molecule has 1 aliphatic heterocycles. The van der Waals surface area contributed by atoms with Gasteiger partial charge in [-0.1, -0.05) is 18.2 Å². The number of rotatable bonds is 4. The highest BCUT2D eigenvalue weighted by Gasteiger charge is 2.36. The van der Waals surface area contributed by atoms with Crippen LogP contribution in [-0.2, 0) is 19.3 Å². The number of benzene rings is 1. The van der Waals surface area contributed by atoms with Crippen molar-refractivity contribution < 1.29 is 0 Å². The molecule has 1 fully saturated rings. The largest absolute Gasteiger partial charge is 0.315 e. The first-order valence-corrected chi connectivity index (χ1v) is 8.62. The number of nitrogens with one attached hydrogen (secondary N) is 1. The zero-order valence-corrected chi connectivity index (χ0v) is 13.0. The van der Waals surface area contributed by atoms with Crippen molar-refractivity contribution in [3.8, 4) is 0 Å². The van der Waals surface area contributed by atoms with Gasteiger partial charge in [0.1, 0.15) is 0 Å². The summed E-state index contributed by atoms with van der Waals surface area (Å²) in [6.07, 6.45) is 7.84. The van der Waals surface area contributed by atoms with Crippen LogP contribution in [-0.4, -0.2) is 23.6 Å². The highest BCUT2D eigenvalue weighted by atomic mass is 32.2. The van der Waals surface area contributed by atoms with Crippen molar-refractivity contribution in [3.63, 3.8) is 0 Å². The van der Waals surface area contributed by atoms with E-state index in [4.69, 9.17) is 0 Å². The Kier molecular flexibility index (Phi) is 3.91. The van der Waals surface area contributed by atoms with Crippen LogP contribution in [0.4, 0.5) is 0 Å². The van der Waals surface area contributed by atoms with Gasteiger partial charge in [0.15, 0.2) is 0 Å². The van der Waals surface area contributed by atoms with E-state index in [1.807, 2.05) is 0 Å². The highest BCUT2D eigenvalue weighted by Crippen LogP contribution is 2.41. The molecule has 2 aliphatic rings. The van der Waals surface area contributed by atoms with Gasteiger partial charge in [-0.25, -0.2) is 0 Å². The van der Waals surface area contributed by atoms with Gasteiger partial charge in [-0.05, 0) is 74.9 Å². The van der Waals surface area contributed by atoms with Gasteiger partial charge in [0, 0.05) is 10.8 Å². The summed E-state index contributed by atoms with van der Waals surface area (Å²) < 4.78 is 0.424. The molecule has 1 aromatic rings. The van der Waals surface area contributed by atoms with Gasteiger partial charge in [-0.3, -0.25) is 0 Å². The highest BCUT2D eigenvalue weighted by molar-refractivity contribution is 8.00. The number of hydrogen-bond acceptors (Lipinski definition) is 2. The van der Waals surface area contributed by atoms with Crippen molar-refractivity contribution in [2.75, 3.05) is 12.8 Å². The fourth-order valence-electron chi connectivity index (χ4n) is 3.69. The molecule has 0 aromatic heterocycles. The molecule has 2 unspecified atom stereocenters.